The second-order valence-electron chi connectivity index (χ2n) is 5.41. The van der Waals surface area contributed by atoms with E-state index in [-0.39, 0.29) is 5.41 Å². The number of benzene rings is 2. The summed E-state index contributed by atoms with van der Waals surface area (Å²) in [4.78, 5) is 0. The monoisotopic (exact) mass is 268 g/mol. The van der Waals surface area contributed by atoms with Crippen LogP contribution >= 0.6 is 0 Å². The minimum absolute atomic E-state index is 0.294. The SMILES string of the molecule is C=CC(C)(c1ccc(O)c(C)c1)c1ccc(O)c(C)c1. The summed E-state index contributed by atoms with van der Waals surface area (Å²) in [6, 6.07) is 11.2. The van der Waals surface area contributed by atoms with Crippen LogP contribution < -0.4 is 0 Å². The first-order valence-corrected chi connectivity index (χ1v) is 6.62. The van der Waals surface area contributed by atoms with Crippen molar-refractivity contribution in [3.63, 3.8) is 0 Å². The summed E-state index contributed by atoms with van der Waals surface area (Å²) in [5, 5.41) is 19.3. The van der Waals surface area contributed by atoms with Gasteiger partial charge in [-0.15, -0.1) is 6.58 Å². The van der Waals surface area contributed by atoms with E-state index >= 15 is 0 Å². The highest BCUT2D eigenvalue weighted by atomic mass is 16.3. The molecule has 2 heteroatoms. The van der Waals surface area contributed by atoms with Crippen LogP contribution in [0.4, 0.5) is 0 Å². The molecule has 0 spiro atoms. The lowest BCUT2D eigenvalue weighted by Gasteiger charge is -2.28. The van der Waals surface area contributed by atoms with Gasteiger partial charge < -0.3 is 10.2 Å². The van der Waals surface area contributed by atoms with Gasteiger partial charge in [0.05, 0.1) is 0 Å². The normalized spacial score (nSPS) is 11.3. The zero-order valence-electron chi connectivity index (χ0n) is 12.1. The van der Waals surface area contributed by atoms with Gasteiger partial charge >= 0.3 is 0 Å². The zero-order valence-corrected chi connectivity index (χ0v) is 12.1. The van der Waals surface area contributed by atoms with E-state index in [4.69, 9.17) is 0 Å². The van der Waals surface area contributed by atoms with Crippen LogP contribution in [0.25, 0.3) is 0 Å². The van der Waals surface area contributed by atoms with Gasteiger partial charge in [0.25, 0.3) is 0 Å². The number of allylic oxidation sites excluding steroid dienone is 1. The Morgan fingerprint density at radius 3 is 1.60 bits per heavy atom. The summed E-state index contributed by atoms with van der Waals surface area (Å²) < 4.78 is 0. The lowest BCUT2D eigenvalue weighted by atomic mass is 9.75. The van der Waals surface area contributed by atoms with Crippen molar-refractivity contribution in [3.8, 4) is 11.5 Å². The molecule has 0 aliphatic heterocycles. The van der Waals surface area contributed by atoms with Gasteiger partial charge in [0, 0.05) is 5.41 Å². The molecule has 20 heavy (non-hydrogen) atoms. The molecule has 2 rings (SSSR count). The van der Waals surface area contributed by atoms with Gasteiger partial charge in [-0.05, 0) is 55.2 Å². The third-order valence-corrected chi connectivity index (χ3v) is 4.00. The van der Waals surface area contributed by atoms with Gasteiger partial charge in [0.15, 0.2) is 0 Å². The van der Waals surface area contributed by atoms with Crippen molar-refractivity contribution in [1.29, 1.82) is 0 Å². The first-order valence-electron chi connectivity index (χ1n) is 6.62. The molecule has 0 bridgehead atoms. The quantitative estimate of drug-likeness (QED) is 0.819. The molecule has 0 atom stereocenters. The fraction of sp³-hybridized carbons (Fsp3) is 0.222. The number of hydrogen-bond acceptors (Lipinski definition) is 2. The van der Waals surface area contributed by atoms with Gasteiger partial charge in [-0.25, -0.2) is 0 Å². The Kier molecular flexibility index (Phi) is 3.58. The van der Waals surface area contributed by atoms with E-state index in [0.29, 0.717) is 11.5 Å². The van der Waals surface area contributed by atoms with E-state index in [1.807, 2.05) is 44.2 Å². The first kappa shape index (κ1) is 14.2. The van der Waals surface area contributed by atoms with Gasteiger partial charge in [-0.3, -0.25) is 0 Å². The topological polar surface area (TPSA) is 40.5 Å². The van der Waals surface area contributed by atoms with E-state index in [2.05, 4.69) is 13.5 Å². The highest BCUT2D eigenvalue weighted by molar-refractivity contribution is 5.49. The maximum absolute atomic E-state index is 9.67. The Hall–Kier alpha value is -2.22. The number of phenols is 2. The molecule has 2 aromatic carbocycles. The van der Waals surface area contributed by atoms with Gasteiger partial charge in [-0.2, -0.15) is 0 Å². The molecule has 0 saturated carbocycles. The van der Waals surface area contributed by atoms with Crippen LogP contribution in [0.5, 0.6) is 11.5 Å². The lowest BCUT2D eigenvalue weighted by Crippen LogP contribution is -2.20. The molecule has 2 N–H and O–H groups in total. The maximum atomic E-state index is 9.67. The Balaban J connectivity index is 2.60. The molecule has 104 valence electrons. The van der Waals surface area contributed by atoms with Crippen molar-refractivity contribution >= 4 is 0 Å². The Bertz CT molecular complexity index is 605. The van der Waals surface area contributed by atoms with Crippen molar-refractivity contribution in [2.45, 2.75) is 26.2 Å². The van der Waals surface area contributed by atoms with Crippen molar-refractivity contribution in [2.75, 3.05) is 0 Å². The Morgan fingerprint density at radius 1 is 0.900 bits per heavy atom. The standard InChI is InChI=1S/C18H20O2/c1-5-18(4,14-6-8-16(19)12(2)10-14)15-7-9-17(20)13(3)11-15/h5-11,19-20H,1H2,2-4H3. The minimum atomic E-state index is -0.364. The van der Waals surface area contributed by atoms with Crippen LogP contribution in [0.15, 0.2) is 49.1 Å². The second-order valence-corrected chi connectivity index (χ2v) is 5.41. The van der Waals surface area contributed by atoms with Crippen LogP contribution in [0.3, 0.4) is 0 Å². The Morgan fingerprint density at radius 2 is 1.30 bits per heavy atom. The smallest absolute Gasteiger partial charge is 0.118 e. The fourth-order valence-electron chi connectivity index (χ4n) is 2.36. The molecule has 0 heterocycles. The predicted molar refractivity (Wildman–Crippen MR) is 82.3 cm³/mol. The molecule has 0 fully saturated rings. The summed E-state index contributed by atoms with van der Waals surface area (Å²) in [7, 11) is 0. The van der Waals surface area contributed by atoms with E-state index < -0.39 is 0 Å². The predicted octanol–water partition coefficient (Wildman–Crippen LogP) is 4.21. The van der Waals surface area contributed by atoms with Crippen molar-refractivity contribution in [2.24, 2.45) is 0 Å². The molecule has 0 radical (unpaired) electrons. The largest absolute Gasteiger partial charge is 0.508 e. The molecule has 0 saturated heterocycles. The summed E-state index contributed by atoms with van der Waals surface area (Å²) in [5.41, 5.74) is 3.44. The molecule has 0 aliphatic rings. The second kappa shape index (κ2) is 5.04. The molecular formula is C18H20O2. The third kappa shape index (κ3) is 2.29. The number of rotatable bonds is 3. The lowest BCUT2D eigenvalue weighted by molar-refractivity contribution is 0.470. The summed E-state index contributed by atoms with van der Waals surface area (Å²) in [6.07, 6.45) is 1.89. The van der Waals surface area contributed by atoms with Gasteiger partial charge in [0.2, 0.25) is 0 Å². The van der Waals surface area contributed by atoms with Crippen molar-refractivity contribution < 1.29 is 10.2 Å². The highest BCUT2D eigenvalue weighted by Gasteiger charge is 2.26. The number of aromatic hydroxyl groups is 2. The van der Waals surface area contributed by atoms with E-state index in [1.54, 1.807) is 12.1 Å². The van der Waals surface area contributed by atoms with E-state index in [9.17, 15) is 10.2 Å². The molecule has 2 nitrogen and oxygen atoms in total. The molecule has 0 aromatic heterocycles. The Labute approximate surface area is 120 Å². The molecule has 2 aromatic rings. The van der Waals surface area contributed by atoms with Gasteiger partial charge in [-0.1, -0.05) is 30.3 Å². The number of aryl methyl sites for hydroxylation is 2. The number of phenolic OH excluding ortho intramolecular Hbond substituents is 2. The first-order chi connectivity index (χ1) is 9.38. The minimum Gasteiger partial charge on any atom is -0.508 e. The van der Waals surface area contributed by atoms with E-state index in [1.165, 1.54) is 0 Å². The fourth-order valence-corrected chi connectivity index (χ4v) is 2.36. The molecule has 0 aliphatic carbocycles. The third-order valence-electron chi connectivity index (χ3n) is 4.00. The summed E-state index contributed by atoms with van der Waals surface area (Å²) in [6.45, 7) is 9.80. The van der Waals surface area contributed by atoms with Crippen LogP contribution in [-0.2, 0) is 5.41 Å². The van der Waals surface area contributed by atoms with Crippen LogP contribution in [0.2, 0.25) is 0 Å². The maximum Gasteiger partial charge on any atom is 0.118 e. The molecule has 0 amide bonds. The van der Waals surface area contributed by atoms with Crippen molar-refractivity contribution in [1.82, 2.24) is 0 Å². The zero-order chi connectivity index (χ0) is 14.9. The van der Waals surface area contributed by atoms with Crippen LogP contribution in [-0.4, -0.2) is 10.2 Å². The summed E-state index contributed by atoms with van der Waals surface area (Å²) in [5.74, 6) is 0.587. The average molecular weight is 268 g/mol. The molecule has 0 unspecified atom stereocenters. The molecular weight excluding hydrogens is 248 g/mol. The van der Waals surface area contributed by atoms with Crippen LogP contribution in [0, 0.1) is 13.8 Å². The van der Waals surface area contributed by atoms with E-state index in [0.717, 1.165) is 22.3 Å². The summed E-state index contributed by atoms with van der Waals surface area (Å²) >= 11 is 0. The van der Waals surface area contributed by atoms with Gasteiger partial charge in [0.1, 0.15) is 11.5 Å². The number of hydrogen-bond donors (Lipinski definition) is 2. The van der Waals surface area contributed by atoms with Crippen molar-refractivity contribution in [3.05, 3.63) is 71.3 Å². The highest BCUT2D eigenvalue weighted by Crippen LogP contribution is 2.36. The van der Waals surface area contributed by atoms with Crippen LogP contribution in [0.1, 0.15) is 29.2 Å². The average Bonchev–Trinajstić information content (AvgIpc) is 2.44.